The minimum atomic E-state index is -1.02. The second-order valence-corrected chi connectivity index (χ2v) is 9.51. The highest BCUT2D eigenvalue weighted by Gasteiger charge is 2.32. The third-order valence-corrected chi connectivity index (χ3v) is 7.09. The largest absolute Gasteiger partial charge is 0.384 e. The second kappa shape index (κ2) is 8.71. The van der Waals surface area contributed by atoms with Gasteiger partial charge in [0.25, 0.3) is 5.91 Å². The fourth-order valence-electron chi connectivity index (χ4n) is 3.32. The molecule has 1 saturated heterocycles. The summed E-state index contributed by atoms with van der Waals surface area (Å²) in [5.74, 6) is 0.508. The van der Waals surface area contributed by atoms with Gasteiger partial charge in [0, 0.05) is 30.1 Å². The quantitative estimate of drug-likeness (QED) is 0.636. The van der Waals surface area contributed by atoms with Crippen LogP contribution in [0, 0.1) is 6.92 Å². The summed E-state index contributed by atoms with van der Waals surface area (Å²) in [4.78, 5) is 17.8. The normalized spacial score (nSPS) is 20.0. The summed E-state index contributed by atoms with van der Waals surface area (Å²) in [5.41, 5.74) is 0.475. The van der Waals surface area contributed by atoms with E-state index in [1.807, 2.05) is 12.3 Å². The number of aliphatic hydroxyl groups is 1. The third kappa shape index (κ3) is 4.82. The molecule has 0 saturated carbocycles. The monoisotopic (exact) mass is 457 g/mol. The molecule has 0 aromatic carbocycles. The van der Waals surface area contributed by atoms with Crippen molar-refractivity contribution in [2.75, 3.05) is 24.2 Å². The molecule has 0 bridgehead atoms. The van der Waals surface area contributed by atoms with Gasteiger partial charge >= 0.3 is 0 Å². The van der Waals surface area contributed by atoms with Gasteiger partial charge in [-0.25, -0.2) is 0 Å². The Bertz CT molecular complexity index is 882. The first-order valence-corrected chi connectivity index (χ1v) is 11.3. The van der Waals surface area contributed by atoms with Crippen molar-refractivity contribution in [3.63, 3.8) is 0 Å². The maximum Gasteiger partial charge on any atom is 0.269 e. The highest BCUT2D eigenvalue weighted by Crippen LogP contribution is 2.30. The fraction of sp³-hybridized carbons (Fsp3) is 0.526. The number of anilines is 1. The Morgan fingerprint density at radius 1 is 1.34 bits per heavy atom. The van der Waals surface area contributed by atoms with Crippen LogP contribution in [-0.4, -0.2) is 56.8 Å². The number of H-pyrrole nitrogens is 1. The minimum absolute atomic E-state index is 0.00388. The SMILES string of the molecule is CS[C@H]1CN(c2ccc(C(C)(C)O)nn2)CC[C@H]1NC(=O)c1[nH]c(C)c(Cl)c1Cl. The molecular formula is C19H25Cl2N5O2S. The molecule has 3 N–H and O–H groups in total. The average Bonchev–Trinajstić information content (AvgIpc) is 2.95. The zero-order chi connectivity index (χ0) is 21.3. The minimum Gasteiger partial charge on any atom is -0.384 e. The van der Waals surface area contributed by atoms with Crippen molar-refractivity contribution in [1.82, 2.24) is 20.5 Å². The van der Waals surface area contributed by atoms with Gasteiger partial charge in [-0.15, -0.1) is 5.10 Å². The lowest BCUT2D eigenvalue weighted by Crippen LogP contribution is -2.53. The molecule has 2 atom stereocenters. The molecule has 1 fully saturated rings. The summed E-state index contributed by atoms with van der Waals surface area (Å²) >= 11 is 14.0. The highest BCUT2D eigenvalue weighted by molar-refractivity contribution is 7.99. The van der Waals surface area contributed by atoms with E-state index < -0.39 is 5.60 Å². The first-order valence-electron chi connectivity index (χ1n) is 9.30. The maximum atomic E-state index is 12.7. The number of aryl methyl sites for hydroxylation is 1. The Morgan fingerprint density at radius 3 is 2.59 bits per heavy atom. The van der Waals surface area contributed by atoms with Crippen LogP contribution < -0.4 is 10.2 Å². The van der Waals surface area contributed by atoms with Crippen molar-refractivity contribution >= 4 is 46.7 Å². The van der Waals surface area contributed by atoms with Gasteiger partial charge in [-0.3, -0.25) is 4.79 Å². The van der Waals surface area contributed by atoms with Crippen molar-refractivity contribution in [2.45, 2.75) is 44.1 Å². The van der Waals surface area contributed by atoms with Crippen LogP contribution in [0.1, 0.15) is 42.1 Å². The number of carbonyl (C=O) groups is 1. The number of aromatic nitrogens is 3. The van der Waals surface area contributed by atoms with Crippen LogP contribution in [0.2, 0.25) is 10.0 Å². The summed E-state index contributed by atoms with van der Waals surface area (Å²) in [6, 6.07) is 3.67. The van der Waals surface area contributed by atoms with Gasteiger partial charge in [0.05, 0.1) is 15.7 Å². The molecule has 0 radical (unpaired) electrons. The number of hydrogen-bond donors (Lipinski definition) is 3. The molecule has 0 aliphatic carbocycles. The van der Waals surface area contributed by atoms with E-state index in [9.17, 15) is 9.90 Å². The molecule has 3 rings (SSSR count). The average molecular weight is 458 g/mol. The Labute approximate surface area is 184 Å². The predicted octanol–water partition coefficient (Wildman–Crippen LogP) is 3.39. The topological polar surface area (TPSA) is 94.1 Å². The number of aromatic amines is 1. The molecule has 1 aliphatic heterocycles. The van der Waals surface area contributed by atoms with Gasteiger partial charge in [0.1, 0.15) is 11.3 Å². The maximum absolute atomic E-state index is 12.7. The van der Waals surface area contributed by atoms with Crippen LogP contribution in [0.4, 0.5) is 5.82 Å². The smallest absolute Gasteiger partial charge is 0.269 e. The number of rotatable bonds is 5. The van der Waals surface area contributed by atoms with Crippen molar-refractivity contribution < 1.29 is 9.90 Å². The molecule has 0 spiro atoms. The number of amides is 1. The zero-order valence-corrected chi connectivity index (χ0v) is 19.1. The molecule has 2 aromatic rings. The van der Waals surface area contributed by atoms with Gasteiger partial charge in [-0.05, 0) is 45.6 Å². The summed E-state index contributed by atoms with van der Waals surface area (Å²) < 4.78 is 0. The van der Waals surface area contributed by atoms with Gasteiger partial charge in [-0.2, -0.15) is 16.9 Å². The lowest BCUT2D eigenvalue weighted by atomic mass is 10.0. The van der Waals surface area contributed by atoms with Crippen LogP contribution in [-0.2, 0) is 5.60 Å². The summed E-state index contributed by atoms with van der Waals surface area (Å²) in [6.07, 6.45) is 2.79. The van der Waals surface area contributed by atoms with Crippen LogP contribution in [0.5, 0.6) is 0 Å². The van der Waals surface area contributed by atoms with E-state index in [2.05, 4.69) is 25.4 Å². The Hall–Kier alpha value is -1.48. The third-order valence-electron chi connectivity index (χ3n) is 5.06. The summed E-state index contributed by atoms with van der Waals surface area (Å²) in [6.45, 7) is 6.59. The molecule has 0 unspecified atom stereocenters. The number of nitrogens with one attached hydrogen (secondary N) is 2. The molecule has 2 aromatic heterocycles. The molecular weight excluding hydrogens is 433 g/mol. The summed E-state index contributed by atoms with van der Waals surface area (Å²) in [7, 11) is 0. The summed E-state index contributed by atoms with van der Waals surface area (Å²) in [5, 5.41) is 22.4. The molecule has 1 aliphatic rings. The van der Waals surface area contributed by atoms with E-state index in [4.69, 9.17) is 23.2 Å². The Kier molecular flexibility index (Phi) is 6.67. The van der Waals surface area contributed by atoms with Crippen molar-refractivity contribution in [3.05, 3.63) is 39.3 Å². The van der Waals surface area contributed by atoms with E-state index >= 15 is 0 Å². The molecule has 10 heteroatoms. The van der Waals surface area contributed by atoms with Crippen molar-refractivity contribution in [3.8, 4) is 0 Å². The van der Waals surface area contributed by atoms with Gasteiger partial charge < -0.3 is 20.3 Å². The van der Waals surface area contributed by atoms with Crippen LogP contribution >= 0.6 is 35.0 Å². The van der Waals surface area contributed by atoms with Crippen LogP contribution in [0.3, 0.4) is 0 Å². The molecule has 158 valence electrons. The van der Waals surface area contributed by atoms with E-state index in [1.54, 1.807) is 38.6 Å². The number of carbonyl (C=O) groups excluding carboxylic acids is 1. The van der Waals surface area contributed by atoms with E-state index in [0.717, 1.165) is 25.3 Å². The number of halogens is 2. The van der Waals surface area contributed by atoms with Gasteiger partial charge in [-0.1, -0.05) is 23.2 Å². The van der Waals surface area contributed by atoms with Crippen molar-refractivity contribution in [1.29, 1.82) is 0 Å². The first kappa shape index (κ1) is 22.2. The lowest BCUT2D eigenvalue weighted by Gasteiger charge is -2.38. The molecule has 1 amide bonds. The van der Waals surface area contributed by atoms with E-state index in [1.165, 1.54) is 0 Å². The second-order valence-electron chi connectivity index (χ2n) is 7.68. The lowest BCUT2D eigenvalue weighted by molar-refractivity contribution is 0.0728. The predicted molar refractivity (Wildman–Crippen MR) is 118 cm³/mol. The highest BCUT2D eigenvalue weighted by atomic mass is 35.5. The Balaban J connectivity index is 1.68. The Morgan fingerprint density at radius 2 is 2.07 bits per heavy atom. The van der Waals surface area contributed by atoms with Crippen molar-refractivity contribution in [2.24, 2.45) is 0 Å². The number of hydrogen-bond acceptors (Lipinski definition) is 6. The van der Waals surface area contributed by atoms with Crippen LogP contribution in [0.25, 0.3) is 0 Å². The first-order chi connectivity index (χ1) is 13.6. The fourth-order valence-corrected chi connectivity index (χ4v) is 4.60. The van der Waals surface area contributed by atoms with Gasteiger partial charge in [0.2, 0.25) is 0 Å². The molecule has 7 nitrogen and oxygen atoms in total. The van der Waals surface area contributed by atoms with E-state index in [-0.39, 0.29) is 22.2 Å². The van der Waals surface area contributed by atoms with Gasteiger partial charge in [0.15, 0.2) is 5.82 Å². The molecule has 3 heterocycles. The molecule has 29 heavy (non-hydrogen) atoms. The number of nitrogens with zero attached hydrogens (tertiary/aromatic N) is 3. The standard InChI is InChI=1S/C19H25Cl2N5O2S/c1-10-15(20)16(21)17(22-10)18(27)23-11-7-8-26(9-12(11)29-4)14-6-5-13(24-25-14)19(2,3)28/h5-6,11-12,22,28H,7-9H2,1-4H3,(H,23,27)/t11-,12+/m1/s1. The van der Waals surface area contributed by atoms with Crippen LogP contribution in [0.15, 0.2) is 12.1 Å². The number of piperidine rings is 1. The van der Waals surface area contributed by atoms with E-state index in [0.29, 0.717) is 22.1 Å². The zero-order valence-electron chi connectivity index (χ0n) is 16.8. The number of thioether (sulfide) groups is 1.